The van der Waals surface area contributed by atoms with E-state index in [4.69, 9.17) is 5.11 Å². The van der Waals surface area contributed by atoms with Gasteiger partial charge in [0.15, 0.2) is 0 Å². The molecular formula is C11H18N2O4. The van der Waals surface area contributed by atoms with Crippen molar-refractivity contribution in [1.82, 2.24) is 10.2 Å². The van der Waals surface area contributed by atoms with E-state index in [1.165, 1.54) is 11.8 Å². The number of aliphatic carboxylic acids is 1. The Labute approximate surface area is 100.0 Å². The van der Waals surface area contributed by atoms with Crippen molar-refractivity contribution < 1.29 is 19.5 Å². The van der Waals surface area contributed by atoms with Crippen molar-refractivity contribution in [2.45, 2.75) is 26.2 Å². The topological polar surface area (TPSA) is 86.7 Å². The SMILES string of the molecule is CC(=O)NCCN(CCC(=O)O)C(=O)C1CC1. The Morgan fingerprint density at radius 3 is 2.41 bits per heavy atom. The normalized spacial score (nSPS) is 14.2. The molecule has 1 aliphatic rings. The van der Waals surface area contributed by atoms with Gasteiger partial charge in [0.1, 0.15) is 0 Å². The number of nitrogens with one attached hydrogen (secondary N) is 1. The monoisotopic (exact) mass is 242 g/mol. The van der Waals surface area contributed by atoms with Crippen LogP contribution in [0.15, 0.2) is 0 Å². The van der Waals surface area contributed by atoms with Crippen molar-refractivity contribution in [3.05, 3.63) is 0 Å². The Morgan fingerprint density at radius 2 is 1.94 bits per heavy atom. The highest BCUT2D eigenvalue weighted by atomic mass is 16.4. The third-order valence-corrected chi connectivity index (χ3v) is 2.59. The molecule has 1 aliphatic carbocycles. The third-order valence-electron chi connectivity index (χ3n) is 2.59. The van der Waals surface area contributed by atoms with Crippen molar-refractivity contribution in [2.24, 2.45) is 5.92 Å². The number of carboxylic acid groups (broad SMARTS) is 1. The second-order valence-electron chi connectivity index (χ2n) is 4.23. The molecule has 0 atom stereocenters. The summed E-state index contributed by atoms with van der Waals surface area (Å²) in [5.74, 6) is -0.988. The predicted molar refractivity (Wildman–Crippen MR) is 60.2 cm³/mol. The summed E-state index contributed by atoms with van der Waals surface area (Å²) in [5.41, 5.74) is 0. The second-order valence-corrected chi connectivity index (χ2v) is 4.23. The van der Waals surface area contributed by atoms with E-state index in [0.717, 1.165) is 12.8 Å². The van der Waals surface area contributed by atoms with Crippen molar-refractivity contribution in [3.63, 3.8) is 0 Å². The molecule has 0 heterocycles. The zero-order valence-corrected chi connectivity index (χ0v) is 9.94. The van der Waals surface area contributed by atoms with Gasteiger partial charge < -0.3 is 15.3 Å². The van der Waals surface area contributed by atoms with Gasteiger partial charge in [-0.1, -0.05) is 0 Å². The molecule has 6 nitrogen and oxygen atoms in total. The molecule has 1 rings (SSSR count). The van der Waals surface area contributed by atoms with E-state index in [0.29, 0.717) is 13.1 Å². The molecule has 2 amide bonds. The average molecular weight is 242 g/mol. The number of hydrogen-bond donors (Lipinski definition) is 2. The number of rotatable bonds is 7. The molecule has 0 aliphatic heterocycles. The maximum absolute atomic E-state index is 11.8. The Hall–Kier alpha value is -1.59. The van der Waals surface area contributed by atoms with E-state index >= 15 is 0 Å². The molecule has 0 aromatic rings. The van der Waals surface area contributed by atoms with Gasteiger partial charge in [0.25, 0.3) is 0 Å². The third kappa shape index (κ3) is 5.33. The Balaban J connectivity index is 2.37. The number of hydrogen-bond acceptors (Lipinski definition) is 3. The molecule has 0 radical (unpaired) electrons. The van der Waals surface area contributed by atoms with Crippen LogP contribution in [-0.4, -0.2) is 47.4 Å². The van der Waals surface area contributed by atoms with Crippen LogP contribution in [0.5, 0.6) is 0 Å². The molecule has 2 N–H and O–H groups in total. The van der Waals surface area contributed by atoms with E-state index in [1.54, 1.807) is 0 Å². The first-order valence-corrected chi connectivity index (χ1v) is 5.75. The smallest absolute Gasteiger partial charge is 0.305 e. The fourth-order valence-corrected chi connectivity index (χ4v) is 1.52. The molecule has 0 aromatic carbocycles. The van der Waals surface area contributed by atoms with Gasteiger partial charge in [0, 0.05) is 32.5 Å². The minimum atomic E-state index is -0.918. The predicted octanol–water partition coefficient (Wildman–Crippen LogP) is -0.164. The Bertz CT molecular complexity index is 313. The van der Waals surface area contributed by atoms with Crippen LogP contribution in [-0.2, 0) is 14.4 Å². The number of carboxylic acids is 1. The summed E-state index contributed by atoms with van der Waals surface area (Å²) in [6.07, 6.45) is 1.73. The van der Waals surface area contributed by atoms with Crippen molar-refractivity contribution in [1.29, 1.82) is 0 Å². The van der Waals surface area contributed by atoms with Crippen LogP contribution in [0, 0.1) is 5.92 Å². The summed E-state index contributed by atoms with van der Waals surface area (Å²) in [6.45, 7) is 2.37. The summed E-state index contributed by atoms with van der Waals surface area (Å²) >= 11 is 0. The van der Waals surface area contributed by atoms with Crippen LogP contribution in [0.3, 0.4) is 0 Å². The number of nitrogens with zero attached hydrogens (tertiary/aromatic N) is 1. The molecule has 1 saturated carbocycles. The molecule has 0 aromatic heterocycles. The van der Waals surface area contributed by atoms with E-state index < -0.39 is 5.97 Å². The average Bonchev–Trinajstić information content (AvgIpc) is 3.04. The quantitative estimate of drug-likeness (QED) is 0.649. The fourth-order valence-electron chi connectivity index (χ4n) is 1.52. The minimum Gasteiger partial charge on any atom is -0.481 e. The molecule has 6 heteroatoms. The van der Waals surface area contributed by atoms with Gasteiger partial charge >= 0.3 is 5.97 Å². The van der Waals surface area contributed by atoms with Crippen molar-refractivity contribution in [2.75, 3.05) is 19.6 Å². The Morgan fingerprint density at radius 1 is 1.29 bits per heavy atom. The number of carbonyl (C=O) groups excluding carboxylic acids is 2. The lowest BCUT2D eigenvalue weighted by Crippen LogP contribution is -2.40. The van der Waals surface area contributed by atoms with Crippen LogP contribution < -0.4 is 5.32 Å². The zero-order chi connectivity index (χ0) is 12.8. The first kappa shape index (κ1) is 13.5. The van der Waals surface area contributed by atoms with Gasteiger partial charge in [-0.15, -0.1) is 0 Å². The van der Waals surface area contributed by atoms with Crippen LogP contribution in [0.4, 0.5) is 0 Å². The van der Waals surface area contributed by atoms with Gasteiger partial charge in [0.2, 0.25) is 11.8 Å². The van der Waals surface area contributed by atoms with Crippen molar-refractivity contribution >= 4 is 17.8 Å². The summed E-state index contributed by atoms with van der Waals surface area (Å²) in [5, 5.41) is 11.2. The molecule has 0 unspecified atom stereocenters. The van der Waals surface area contributed by atoms with Gasteiger partial charge in [-0.25, -0.2) is 0 Å². The molecule has 17 heavy (non-hydrogen) atoms. The molecule has 0 saturated heterocycles. The summed E-state index contributed by atoms with van der Waals surface area (Å²) in [7, 11) is 0. The lowest BCUT2D eigenvalue weighted by Gasteiger charge is -2.22. The highest BCUT2D eigenvalue weighted by Crippen LogP contribution is 2.30. The van der Waals surface area contributed by atoms with Gasteiger partial charge in [-0.05, 0) is 12.8 Å². The van der Waals surface area contributed by atoms with Gasteiger partial charge in [-0.2, -0.15) is 0 Å². The first-order chi connectivity index (χ1) is 8.00. The van der Waals surface area contributed by atoms with E-state index in [2.05, 4.69) is 5.32 Å². The summed E-state index contributed by atoms with van der Waals surface area (Å²) in [6, 6.07) is 0. The van der Waals surface area contributed by atoms with E-state index in [1.807, 2.05) is 0 Å². The van der Waals surface area contributed by atoms with Crippen molar-refractivity contribution in [3.8, 4) is 0 Å². The summed E-state index contributed by atoms with van der Waals surface area (Å²) < 4.78 is 0. The van der Waals surface area contributed by atoms with Crippen LogP contribution in [0.25, 0.3) is 0 Å². The van der Waals surface area contributed by atoms with Gasteiger partial charge in [0.05, 0.1) is 6.42 Å². The van der Waals surface area contributed by atoms with Crippen LogP contribution in [0.2, 0.25) is 0 Å². The minimum absolute atomic E-state index is 0.0107. The molecule has 0 bridgehead atoms. The zero-order valence-electron chi connectivity index (χ0n) is 9.94. The molecule has 0 spiro atoms. The van der Waals surface area contributed by atoms with E-state index in [-0.39, 0.29) is 30.7 Å². The van der Waals surface area contributed by atoms with Crippen LogP contribution in [0.1, 0.15) is 26.2 Å². The first-order valence-electron chi connectivity index (χ1n) is 5.75. The standard InChI is InChI=1S/C11H18N2O4/c1-8(14)12-5-7-13(6-4-10(15)16)11(17)9-2-3-9/h9H,2-7H2,1H3,(H,12,14)(H,15,16). The fraction of sp³-hybridized carbons (Fsp3) is 0.727. The highest BCUT2D eigenvalue weighted by molar-refractivity contribution is 5.81. The maximum atomic E-state index is 11.8. The van der Waals surface area contributed by atoms with Crippen LogP contribution >= 0.6 is 0 Å². The molecular weight excluding hydrogens is 224 g/mol. The maximum Gasteiger partial charge on any atom is 0.305 e. The van der Waals surface area contributed by atoms with E-state index in [9.17, 15) is 14.4 Å². The van der Waals surface area contributed by atoms with Gasteiger partial charge in [-0.3, -0.25) is 14.4 Å². The lowest BCUT2D eigenvalue weighted by atomic mass is 10.3. The summed E-state index contributed by atoms with van der Waals surface area (Å²) in [4.78, 5) is 34.5. The number of amides is 2. The second kappa shape index (κ2) is 6.22. The Kier molecular flexibility index (Phi) is 4.93. The molecule has 96 valence electrons. The largest absolute Gasteiger partial charge is 0.481 e. The highest BCUT2D eigenvalue weighted by Gasteiger charge is 2.33. The lowest BCUT2D eigenvalue weighted by molar-refractivity contribution is -0.139. The number of carbonyl (C=O) groups is 3. The molecule has 1 fully saturated rings.